The molecule has 142 valence electrons. The topological polar surface area (TPSA) is 84.5 Å². The highest BCUT2D eigenvalue weighted by molar-refractivity contribution is 7.92. The van der Waals surface area contributed by atoms with Crippen LogP contribution in [0.2, 0.25) is 0 Å². The van der Waals surface area contributed by atoms with E-state index in [4.69, 9.17) is 4.74 Å². The van der Waals surface area contributed by atoms with Gasteiger partial charge in [0.05, 0.1) is 13.2 Å². The van der Waals surface area contributed by atoms with Crippen molar-refractivity contribution in [1.29, 1.82) is 0 Å². The molecular weight excluding hydrogens is 364 g/mol. The molecule has 1 atom stereocenters. The molecule has 0 aliphatic carbocycles. The van der Waals surface area contributed by atoms with E-state index in [9.17, 15) is 13.2 Å². The van der Waals surface area contributed by atoms with E-state index in [-0.39, 0.29) is 31.3 Å². The van der Waals surface area contributed by atoms with E-state index >= 15 is 0 Å². The van der Waals surface area contributed by atoms with E-state index < -0.39 is 20.5 Å². The van der Waals surface area contributed by atoms with Crippen LogP contribution in [0.3, 0.4) is 0 Å². The first-order chi connectivity index (χ1) is 11.2. The SMILES string of the molecule is COc1ccc(C)cc1C(C)NC(=O)C1(S(C)(=O)=O)CCNCC1.Cl. The molecule has 8 heteroatoms. The van der Waals surface area contributed by atoms with Crippen molar-refractivity contribution in [2.24, 2.45) is 0 Å². The zero-order valence-electron chi connectivity index (χ0n) is 15.1. The number of benzene rings is 1. The fraction of sp³-hybridized carbons (Fsp3) is 0.588. The maximum atomic E-state index is 12.9. The lowest BCUT2D eigenvalue weighted by Gasteiger charge is -2.35. The Labute approximate surface area is 156 Å². The number of carbonyl (C=O) groups excluding carboxylic acids is 1. The highest BCUT2D eigenvalue weighted by Gasteiger charge is 2.48. The molecule has 1 heterocycles. The maximum absolute atomic E-state index is 12.9. The summed E-state index contributed by atoms with van der Waals surface area (Å²) in [5, 5.41) is 6.00. The number of ether oxygens (including phenoxy) is 1. The molecule has 0 radical (unpaired) electrons. The minimum Gasteiger partial charge on any atom is -0.496 e. The number of halogens is 1. The van der Waals surface area contributed by atoms with Crippen molar-refractivity contribution in [3.05, 3.63) is 29.3 Å². The van der Waals surface area contributed by atoms with E-state index in [2.05, 4.69) is 10.6 Å². The second-order valence-electron chi connectivity index (χ2n) is 6.46. The van der Waals surface area contributed by atoms with Gasteiger partial charge in [0, 0.05) is 11.8 Å². The normalized spacial score (nSPS) is 17.9. The van der Waals surface area contributed by atoms with E-state index in [1.165, 1.54) is 0 Å². The van der Waals surface area contributed by atoms with E-state index in [0.29, 0.717) is 18.8 Å². The van der Waals surface area contributed by atoms with Crippen molar-refractivity contribution in [1.82, 2.24) is 10.6 Å². The standard InChI is InChI=1S/C17H26N2O4S.ClH/c1-12-5-6-15(23-3)14(11-12)13(2)19-16(20)17(24(4,21)22)7-9-18-10-8-17;/h5-6,11,13,18H,7-10H2,1-4H3,(H,19,20);1H. The molecule has 0 saturated carbocycles. The van der Waals surface area contributed by atoms with Crippen LogP contribution in [-0.4, -0.2) is 45.5 Å². The van der Waals surface area contributed by atoms with Crippen LogP contribution in [-0.2, 0) is 14.6 Å². The van der Waals surface area contributed by atoms with Gasteiger partial charge in [-0.3, -0.25) is 4.79 Å². The van der Waals surface area contributed by atoms with E-state index in [1.54, 1.807) is 7.11 Å². The Hall–Kier alpha value is -1.31. The summed E-state index contributed by atoms with van der Waals surface area (Å²) in [6.07, 6.45) is 1.72. The van der Waals surface area contributed by atoms with Crippen LogP contribution >= 0.6 is 12.4 Å². The van der Waals surface area contributed by atoms with Gasteiger partial charge >= 0.3 is 0 Å². The Morgan fingerprint density at radius 3 is 2.44 bits per heavy atom. The van der Waals surface area contributed by atoms with Gasteiger partial charge in [0.25, 0.3) is 0 Å². The fourth-order valence-electron chi connectivity index (χ4n) is 3.19. The van der Waals surface area contributed by atoms with Crippen molar-refractivity contribution in [3.8, 4) is 5.75 Å². The molecule has 6 nitrogen and oxygen atoms in total. The third-order valence-electron chi connectivity index (χ3n) is 4.73. The molecule has 1 saturated heterocycles. The first-order valence-electron chi connectivity index (χ1n) is 8.07. The largest absolute Gasteiger partial charge is 0.496 e. The zero-order chi connectivity index (χ0) is 18.0. The van der Waals surface area contributed by atoms with Crippen LogP contribution in [0.4, 0.5) is 0 Å². The van der Waals surface area contributed by atoms with Gasteiger partial charge in [-0.1, -0.05) is 17.7 Å². The lowest BCUT2D eigenvalue weighted by molar-refractivity contribution is -0.125. The van der Waals surface area contributed by atoms with Crippen molar-refractivity contribution >= 4 is 28.2 Å². The van der Waals surface area contributed by atoms with Crippen LogP contribution in [0.15, 0.2) is 18.2 Å². The molecule has 1 amide bonds. The third-order valence-corrected chi connectivity index (χ3v) is 6.75. The van der Waals surface area contributed by atoms with Crippen LogP contribution in [0, 0.1) is 6.92 Å². The lowest BCUT2D eigenvalue weighted by atomic mass is 9.94. The zero-order valence-corrected chi connectivity index (χ0v) is 16.7. The predicted molar refractivity (Wildman–Crippen MR) is 101 cm³/mol. The van der Waals surface area contributed by atoms with Crippen LogP contribution in [0.25, 0.3) is 0 Å². The first kappa shape index (κ1) is 21.7. The molecule has 0 bridgehead atoms. The van der Waals surface area contributed by atoms with Crippen molar-refractivity contribution in [3.63, 3.8) is 0 Å². The van der Waals surface area contributed by atoms with Gasteiger partial charge in [-0.15, -0.1) is 12.4 Å². The number of sulfone groups is 1. The monoisotopic (exact) mass is 390 g/mol. The third kappa shape index (κ3) is 4.46. The summed E-state index contributed by atoms with van der Waals surface area (Å²) < 4.78 is 28.7. The molecule has 1 aliphatic heterocycles. The number of nitrogens with one attached hydrogen (secondary N) is 2. The quantitative estimate of drug-likeness (QED) is 0.800. The molecule has 1 fully saturated rings. The smallest absolute Gasteiger partial charge is 0.242 e. The van der Waals surface area contributed by atoms with Gasteiger partial charge in [0.15, 0.2) is 14.6 Å². The molecule has 1 aliphatic rings. The van der Waals surface area contributed by atoms with Gasteiger partial charge < -0.3 is 15.4 Å². The Bertz CT molecular complexity index is 715. The second-order valence-corrected chi connectivity index (χ2v) is 8.78. The fourth-order valence-corrected chi connectivity index (χ4v) is 4.54. The predicted octanol–water partition coefficient (Wildman–Crippen LogP) is 1.77. The molecular formula is C17H27ClN2O4S. The Morgan fingerprint density at radius 1 is 1.32 bits per heavy atom. The molecule has 0 aromatic heterocycles. The summed E-state index contributed by atoms with van der Waals surface area (Å²) in [5.41, 5.74) is 1.88. The molecule has 1 aromatic rings. The summed E-state index contributed by atoms with van der Waals surface area (Å²) in [5.74, 6) is 0.245. The van der Waals surface area contributed by atoms with E-state index in [1.807, 2.05) is 32.0 Å². The number of rotatable bonds is 5. The molecule has 2 N–H and O–H groups in total. The minimum atomic E-state index is -3.52. The first-order valence-corrected chi connectivity index (χ1v) is 9.96. The average molecular weight is 391 g/mol. The number of methoxy groups -OCH3 is 1. The summed E-state index contributed by atoms with van der Waals surface area (Å²) in [6, 6.07) is 5.38. The van der Waals surface area contributed by atoms with Crippen LogP contribution < -0.4 is 15.4 Å². The van der Waals surface area contributed by atoms with Crippen LogP contribution in [0.1, 0.15) is 36.9 Å². The molecule has 0 spiro atoms. The van der Waals surface area contributed by atoms with Gasteiger partial charge in [-0.2, -0.15) is 0 Å². The van der Waals surface area contributed by atoms with Crippen molar-refractivity contribution < 1.29 is 17.9 Å². The van der Waals surface area contributed by atoms with Gasteiger partial charge in [-0.05, 0) is 45.8 Å². The molecule has 2 rings (SSSR count). The highest BCUT2D eigenvalue weighted by atomic mass is 35.5. The summed E-state index contributed by atoms with van der Waals surface area (Å²) in [6.45, 7) is 4.83. The number of hydrogen-bond donors (Lipinski definition) is 2. The van der Waals surface area contributed by atoms with Crippen molar-refractivity contribution in [2.75, 3.05) is 26.5 Å². The lowest BCUT2D eigenvalue weighted by Crippen LogP contribution is -2.57. The Morgan fingerprint density at radius 2 is 1.92 bits per heavy atom. The molecule has 1 unspecified atom stereocenters. The summed E-state index contributed by atoms with van der Waals surface area (Å²) in [7, 11) is -1.94. The van der Waals surface area contributed by atoms with Gasteiger partial charge in [0.1, 0.15) is 5.75 Å². The Kier molecular flexibility index (Phi) is 7.28. The number of amides is 1. The van der Waals surface area contributed by atoms with Gasteiger partial charge in [-0.25, -0.2) is 8.42 Å². The van der Waals surface area contributed by atoms with Crippen LogP contribution in [0.5, 0.6) is 5.75 Å². The number of piperidine rings is 1. The maximum Gasteiger partial charge on any atom is 0.242 e. The second kappa shape index (κ2) is 8.38. The number of aryl methyl sites for hydroxylation is 1. The molecule has 1 aromatic carbocycles. The minimum absolute atomic E-state index is 0. The highest BCUT2D eigenvalue weighted by Crippen LogP contribution is 2.31. The Balaban J connectivity index is 0.00000312. The number of hydrogen-bond acceptors (Lipinski definition) is 5. The number of carbonyl (C=O) groups is 1. The molecule has 25 heavy (non-hydrogen) atoms. The van der Waals surface area contributed by atoms with Crippen molar-refractivity contribution in [2.45, 2.75) is 37.5 Å². The summed E-state index contributed by atoms with van der Waals surface area (Å²) >= 11 is 0. The summed E-state index contributed by atoms with van der Waals surface area (Å²) in [4.78, 5) is 12.9. The van der Waals surface area contributed by atoms with E-state index in [0.717, 1.165) is 17.4 Å². The average Bonchev–Trinajstić information content (AvgIpc) is 2.54. The van der Waals surface area contributed by atoms with Gasteiger partial charge in [0.2, 0.25) is 5.91 Å².